The molecule has 3 aromatic rings. The predicted octanol–water partition coefficient (Wildman–Crippen LogP) is 3.75. The number of carbonyl (C=O) groups is 1. The van der Waals surface area contributed by atoms with Gasteiger partial charge in [-0.25, -0.2) is 9.99 Å². The Morgan fingerprint density at radius 2 is 2.23 bits per heavy atom. The number of thiophene rings is 1. The number of rotatable bonds is 3. The van der Waals surface area contributed by atoms with E-state index in [1.807, 2.05) is 32.2 Å². The van der Waals surface area contributed by atoms with Crippen molar-refractivity contribution >= 4 is 44.5 Å². The lowest BCUT2D eigenvalue weighted by molar-refractivity contribution is -0.132. The highest BCUT2D eigenvalue weighted by Gasteiger charge is 2.35. The average Bonchev–Trinajstić information content (AvgIpc) is 3.33. The van der Waals surface area contributed by atoms with E-state index in [-0.39, 0.29) is 17.5 Å². The molecule has 1 aliphatic heterocycles. The molecule has 0 fully saturated rings. The maximum Gasteiger partial charge on any atom is 0.258 e. The molecular formula is C18H18N4O2S2. The first-order valence-electron chi connectivity index (χ1n) is 8.42. The van der Waals surface area contributed by atoms with Crippen LogP contribution >= 0.6 is 22.7 Å². The Kier molecular flexibility index (Phi) is 4.24. The number of aromatic nitrogens is 2. The lowest BCUT2D eigenvalue weighted by Crippen LogP contribution is -2.25. The van der Waals surface area contributed by atoms with Gasteiger partial charge in [-0.05, 0) is 30.9 Å². The Labute approximate surface area is 158 Å². The maximum atomic E-state index is 12.7. The molecule has 0 saturated heterocycles. The summed E-state index contributed by atoms with van der Waals surface area (Å²) in [5.74, 6) is -0.0539. The lowest BCUT2D eigenvalue weighted by Gasteiger charge is -2.19. The van der Waals surface area contributed by atoms with Crippen LogP contribution in [0.25, 0.3) is 10.2 Å². The Hall–Kier alpha value is -2.32. The molecule has 1 N–H and O–H groups in total. The first-order chi connectivity index (χ1) is 12.5. The second kappa shape index (κ2) is 6.44. The predicted molar refractivity (Wildman–Crippen MR) is 105 cm³/mol. The van der Waals surface area contributed by atoms with Crippen molar-refractivity contribution in [1.82, 2.24) is 15.0 Å². The van der Waals surface area contributed by atoms with Crippen LogP contribution in [-0.2, 0) is 4.79 Å². The van der Waals surface area contributed by atoms with Crippen LogP contribution in [-0.4, -0.2) is 26.6 Å². The fourth-order valence-electron chi connectivity index (χ4n) is 3.33. The van der Waals surface area contributed by atoms with Crippen molar-refractivity contribution in [2.75, 3.05) is 0 Å². The van der Waals surface area contributed by atoms with Gasteiger partial charge in [-0.2, -0.15) is 5.10 Å². The number of hydrogen-bond acceptors (Lipinski definition) is 6. The number of hydrogen-bond donors (Lipinski definition) is 1. The number of fused-ring (bicyclic) bond motifs is 1. The van der Waals surface area contributed by atoms with Gasteiger partial charge in [0.1, 0.15) is 4.83 Å². The Morgan fingerprint density at radius 1 is 1.42 bits per heavy atom. The second-order valence-corrected chi connectivity index (χ2v) is 8.44. The minimum atomic E-state index is -0.194. The van der Waals surface area contributed by atoms with Crippen LogP contribution in [0.2, 0.25) is 0 Å². The summed E-state index contributed by atoms with van der Waals surface area (Å²) in [7, 11) is 0. The molecule has 4 heterocycles. The Bertz CT molecular complexity index is 1090. The number of pyridine rings is 1. The minimum Gasteiger partial charge on any atom is -0.313 e. The lowest BCUT2D eigenvalue weighted by atomic mass is 9.99. The van der Waals surface area contributed by atoms with E-state index in [9.17, 15) is 9.59 Å². The van der Waals surface area contributed by atoms with Gasteiger partial charge in [-0.15, -0.1) is 22.7 Å². The summed E-state index contributed by atoms with van der Waals surface area (Å²) in [6.45, 7) is 5.70. The van der Waals surface area contributed by atoms with E-state index in [4.69, 9.17) is 0 Å². The topological polar surface area (TPSA) is 78.4 Å². The van der Waals surface area contributed by atoms with E-state index in [1.165, 1.54) is 16.3 Å². The average molecular weight is 387 g/mol. The van der Waals surface area contributed by atoms with Gasteiger partial charge < -0.3 is 4.98 Å². The van der Waals surface area contributed by atoms with Gasteiger partial charge in [0.2, 0.25) is 5.91 Å². The normalized spacial score (nSPS) is 17.1. The first-order valence-corrected chi connectivity index (χ1v) is 10.1. The molecule has 0 bridgehead atoms. The molecule has 0 aliphatic carbocycles. The van der Waals surface area contributed by atoms with E-state index >= 15 is 0 Å². The van der Waals surface area contributed by atoms with Crippen LogP contribution in [0.5, 0.6) is 0 Å². The maximum absolute atomic E-state index is 12.7. The van der Waals surface area contributed by atoms with Crippen molar-refractivity contribution in [3.05, 3.63) is 49.0 Å². The van der Waals surface area contributed by atoms with Crippen molar-refractivity contribution in [3.63, 3.8) is 0 Å². The molecule has 1 aliphatic rings. The van der Waals surface area contributed by atoms with Crippen LogP contribution in [0.4, 0.5) is 0 Å². The van der Waals surface area contributed by atoms with Gasteiger partial charge in [-0.3, -0.25) is 9.59 Å². The molecule has 1 amide bonds. The molecule has 1 unspecified atom stereocenters. The zero-order valence-electron chi connectivity index (χ0n) is 14.7. The summed E-state index contributed by atoms with van der Waals surface area (Å²) in [4.78, 5) is 34.2. The second-order valence-electron chi connectivity index (χ2n) is 6.26. The summed E-state index contributed by atoms with van der Waals surface area (Å²) >= 11 is 3.07. The largest absolute Gasteiger partial charge is 0.313 e. The van der Waals surface area contributed by atoms with Crippen LogP contribution in [0, 0.1) is 13.8 Å². The molecule has 8 heteroatoms. The third-order valence-corrected chi connectivity index (χ3v) is 6.47. The standard InChI is InChI=1S/C18H18N4O2S2/c1-4-15(23)22-13(14-8-19-10(3)26-14)7-12(21-22)16-9(2)11-5-6-25-18(11)20-17(16)24/h5-6,8,13H,4,7H2,1-3H3,(H,20,24). The monoisotopic (exact) mass is 386 g/mol. The van der Waals surface area contributed by atoms with Crippen molar-refractivity contribution < 1.29 is 4.79 Å². The number of nitrogens with one attached hydrogen (secondary N) is 1. The number of H-pyrrole nitrogens is 1. The summed E-state index contributed by atoms with van der Waals surface area (Å²) < 4.78 is 0. The SMILES string of the molecule is CCC(=O)N1N=C(c2c(C)c3ccsc3[nH]c2=O)CC1c1cnc(C)s1. The third kappa shape index (κ3) is 2.69. The third-order valence-electron chi connectivity index (χ3n) is 4.62. The Morgan fingerprint density at radius 3 is 2.92 bits per heavy atom. The summed E-state index contributed by atoms with van der Waals surface area (Å²) in [5.41, 5.74) is 2.00. The number of nitrogens with zero attached hydrogens (tertiary/aromatic N) is 3. The summed E-state index contributed by atoms with van der Waals surface area (Å²) in [5, 5.41) is 10.0. The van der Waals surface area contributed by atoms with E-state index < -0.39 is 0 Å². The van der Waals surface area contributed by atoms with E-state index in [0.717, 1.165) is 25.7 Å². The van der Waals surface area contributed by atoms with Crippen molar-refractivity contribution in [3.8, 4) is 0 Å². The van der Waals surface area contributed by atoms with E-state index in [1.54, 1.807) is 17.5 Å². The Balaban J connectivity index is 1.82. The molecule has 0 spiro atoms. The highest BCUT2D eigenvalue weighted by atomic mass is 32.1. The van der Waals surface area contributed by atoms with Crippen LogP contribution in [0.3, 0.4) is 0 Å². The molecule has 3 aromatic heterocycles. The van der Waals surface area contributed by atoms with E-state index in [2.05, 4.69) is 15.1 Å². The molecule has 0 radical (unpaired) electrons. The zero-order valence-corrected chi connectivity index (χ0v) is 16.3. The quantitative estimate of drug-likeness (QED) is 0.744. The number of amides is 1. The van der Waals surface area contributed by atoms with Crippen LogP contribution in [0.15, 0.2) is 27.5 Å². The smallest absolute Gasteiger partial charge is 0.258 e. The number of aromatic amines is 1. The van der Waals surface area contributed by atoms with Gasteiger partial charge >= 0.3 is 0 Å². The molecule has 26 heavy (non-hydrogen) atoms. The molecule has 0 saturated carbocycles. The number of aryl methyl sites for hydroxylation is 2. The van der Waals surface area contributed by atoms with Crippen molar-refractivity contribution in [1.29, 1.82) is 0 Å². The van der Waals surface area contributed by atoms with Gasteiger partial charge in [0.05, 0.1) is 22.3 Å². The first kappa shape index (κ1) is 17.1. The van der Waals surface area contributed by atoms with Crippen LogP contribution < -0.4 is 5.56 Å². The van der Waals surface area contributed by atoms with Crippen molar-refractivity contribution in [2.24, 2.45) is 5.10 Å². The van der Waals surface area contributed by atoms with Gasteiger partial charge in [0.25, 0.3) is 5.56 Å². The van der Waals surface area contributed by atoms with Gasteiger partial charge in [0.15, 0.2) is 0 Å². The highest BCUT2D eigenvalue weighted by Crippen LogP contribution is 2.36. The summed E-state index contributed by atoms with van der Waals surface area (Å²) in [6.07, 6.45) is 2.69. The molecular weight excluding hydrogens is 368 g/mol. The highest BCUT2D eigenvalue weighted by molar-refractivity contribution is 7.16. The number of hydrazone groups is 1. The zero-order chi connectivity index (χ0) is 18.4. The number of carbonyl (C=O) groups excluding carboxylic acids is 1. The molecule has 0 aromatic carbocycles. The van der Waals surface area contributed by atoms with E-state index in [0.29, 0.717) is 24.1 Å². The number of thiazole rings is 1. The molecule has 1 atom stereocenters. The fourth-order valence-corrected chi connectivity index (χ4v) is 5.04. The fraction of sp³-hybridized carbons (Fsp3) is 0.333. The minimum absolute atomic E-state index is 0.0539. The molecule has 134 valence electrons. The van der Waals surface area contributed by atoms with Crippen molar-refractivity contribution in [2.45, 2.75) is 39.7 Å². The van der Waals surface area contributed by atoms with Gasteiger partial charge in [0, 0.05) is 29.3 Å². The summed E-state index contributed by atoms with van der Waals surface area (Å²) in [6, 6.07) is 1.81. The van der Waals surface area contributed by atoms with Gasteiger partial charge in [-0.1, -0.05) is 6.92 Å². The van der Waals surface area contributed by atoms with Crippen LogP contribution in [0.1, 0.15) is 46.8 Å². The molecule has 6 nitrogen and oxygen atoms in total. The molecule has 4 rings (SSSR count).